The number of nitrogens with one attached hydrogen (secondary N) is 1. The van der Waals surface area contributed by atoms with E-state index in [1.807, 2.05) is 40.7 Å². The first-order valence-corrected chi connectivity index (χ1v) is 12.7. The zero-order chi connectivity index (χ0) is 23.9. The van der Waals surface area contributed by atoms with Gasteiger partial charge < -0.3 is 9.64 Å². The van der Waals surface area contributed by atoms with Crippen LogP contribution in [-0.2, 0) is 17.8 Å². The van der Waals surface area contributed by atoms with Crippen molar-refractivity contribution in [2.24, 2.45) is 5.92 Å². The number of hydrogen-bond acceptors (Lipinski definition) is 4. The Balaban J connectivity index is 1.27. The van der Waals surface area contributed by atoms with Gasteiger partial charge in [-0.25, -0.2) is 0 Å². The molecule has 2 heterocycles. The molecule has 0 bridgehead atoms. The van der Waals surface area contributed by atoms with Crippen molar-refractivity contribution in [2.45, 2.75) is 52.5 Å². The Morgan fingerprint density at radius 2 is 1.82 bits per heavy atom. The number of aromatic amines is 1. The van der Waals surface area contributed by atoms with Crippen molar-refractivity contribution >= 4 is 18.1 Å². The van der Waals surface area contributed by atoms with Gasteiger partial charge in [0.1, 0.15) is 5.75 Å². The lowest BCUT2D eigenvalue weighted by atomic mass is 9.90. The van der Waals surface area contributed by atoms with Crippen LogP contribution >= 0.6 is 12.2 Å². The maximum absolute atomic E-state index is 12.9. The highest BCUT2D eigenvalue weighted by Gasteiger charge is 2.23. The zero-order valence-electron chi connectivity index (χ0n) is 20.1. The minimum Gasteiger partial charge on any atom is -0.494 e. The monoisotopic (exact) mass is 478 g/mol. The Kier molecular flexibility index (Phi) is 8.16. The van der Waals surface area contributed by atoms with Crippen LogP contribution in [0.4, 0.5) is 0 Å². The summed E-state index contributed by atoms with van der Waals surface area (Å²) in [7, 11) is 0. The second kappa shape index (κ2) is 11.5. The summed E-state index contributed by atoms with van der Waals surface area (Å²) in [5.74, 6) is 2.46. The summed E-state index contributed by atoms with van der Waals surface area (Å²) < 4.78 is 7.97. The number of carbonyl (C=O) groups excluding carboxylic acids is 1. The molecule has 0 unspecified atom stereocenters. The highest BCUT2D eigenvalue weighted by Crippen LogP contribution is 2.24. The standard InChI is InChI=1S/C27H34N4O2S/c1-3-33-24-12-10-23(11-13-24)26-28-29-27(34)31(26)19-16-25(32)30-17-14-22(15-18-30)9-8-21-6-4-20(2)5-7-21/h4-7,10-13,22H,3,8-9,14-19H2,1-2H3,(H,29,34). The molecule has 1 fully saturated rings. The summed E-state index contributed by atoms with van der Waals surface area (Å²) in [6.45, 7) is 6.93. The molecule has 0 aliphatic carbocycles. The molecule has 2 aromatic carbocycles. The third-order valence-corrected chi connectivity index (χ3v) is 6.97. The van der Waals surface area contributed by atoms with E-state index in [1.165, 1.54) is 17.5 Å². The third-order valence-electron chi connectivity index (χ3n) is 6.66. The third kappa shape index (κ3) is 6.14. The molecule has 180 valence electrons. The number of nitrogens with zero attached hydrogens (tertiary/aromatic N) is 3. The molecule has 1 saturated heterocycles. The average molecular weight is 479 g/mol. The molecule has 1 amide bonds. The van der Waals surface area contributed by atoms with Crippen molar-refractivity contribution in [3.63, 3.8) is 0 Å². The highest BCUT2D eigenvalue weighted by atomic mass is 32.1. The Morgan fingerprint density at radius 3 is 2.50 bits per heavy atom. The van der Waals surface area contributed by atoms with Crippen LogP contribution in [-0.4, -0.2) is 45.3 Å². The van der Waals surface area contributed by atoms with Gasteiger partial charge in [-0.2, -0.15) is 5.10 Å². The van der Waals surface area contributed by atoms with Gasteiger partial charge in [0.15, 0.2) is 10.6 Å². The molecular weight excluding hydrogens is 444 g/mol. The molecule has 4 rings (SSSR count). The zero-order valence-corrected chi connectivity index (χ0v) is 20.9. The molecule has 6 nitrogen and oxygen atoms in total. The van der Waals surface area contributed by atoms with Crippen LogP contribution in [0.5, 0.6) is 5.75 Å². The highest BCUT2D eigenvalue weighted by molar-refractivity contribution is 7.71. The summed E-state index contributed by atoms with van der Waals surface area (Å²) >= 11 is 5.44. The number of likely N-dealkylation sites (tertiary alicyclic amines) is 1. The number of aryl methyl sites for hydroxylation is 2. The van der Waals surface area contributed by atoms with Gasteiger partial charge >= 0.3 is 0 Å². The van der Waals surface area contributed by atoms with E-state index in [9.17, 15) is 4.79 Å². The fourth-order valence-corrected chi connectivity index (χ4v) is 4.80. The number of aromatic nitrogens is 3. The van der Waals surface area contributed by atoms with Crippen LogP contribution in [0.15, 0.2) is 48.5 Å². The number of piperidine rings is 1. The average Bonchev–Trinajstić information content (AvgIpc) is 3.23. The fraction of sp³-hybridized carbons (Fsp3) is 0.444. The van der Waals surface area contributed by atoms with E-state index in [0.29, 0.717) is 30.3 Å². The number of hydrogen-bond donors (Lipinski definition) is 1. The van der Waals surface area contributed by atoms with Gasteiger partial charge in [0.05, 0.1) is 6.61 Å². The van der Waals surface area contributed by atoms with Gasteiger partial charge in [0.2, 0.25) is 5.91 Å². The largest absolute Gasteiger partial charge is 0.494 e. The Bertz CT molecular complexity index is 1130. The van der Waals surface area contributed by atoms with Crippen molar-refractivity contribution in [3.05, 3.63) is 64.4 Å². The van der Waals surface area contributed by atoms with Crippen molar-refractivity contribution in [1.29, 1.82) is 0 Å². The van der Waals surface area contributed by atoms with E-state index in [2.05, 4.69) is 41.4 Å². The van der Waals surface area contributed by atoms with E-state index < -0.39 is 0 Å². The van der Waals surface area contributed by atoms with Crippen LogP contribution < -0.4 is 4.74 Å². The van der Waals surface area contributed by atoms with Gasteiger partial charge in [-0.05, 0) is 87.5 Å². The molecule has 0 radical (unpaired) electrons. The summed E-state index contributed by atoms with van der Waals surface area (Å²) in [5, 5.41) is 7.27. The first-order valence-electron chi connectivity index (χ1n) is 12.2. The molecule has 34 heavy (non-hydrogen) atoms. The molecular formula is C27H34N4O2S. The maximum Gasteiger partial charge on any atom is 0.224 e. The van der Waals surface area contributed by atoms with Crippen molar-refractivity contribution < 1.29 is 9.53 Å². The Labute approximate surface area is 207 Å². The van der Waals surface area contributed by atoms with E-state index in [4.69, 9.17) is 17.0 Å². The van der Waals surface area contributed by atoms with Crippen LogP contribution in [0.25, 0.3) is 11.4 Å². The lowest BCUT2D eigenvalue weighted by Crippen LogP contribution is -2.38. The summed E-state index contributed by atoms with van der Waals surface area (Å²) in [5.41, 5.74) is 3.65. The summed E-state index contributed by atoms with van der Waals surface area (Å²) in [4.78, 5) is 14.9. The number of amides is 1. The number of benzene rings is 2. The molecule has 3 aromatic rings. The van der Waals surface area contributed by atoms with Gasteiger partial charge in [-0.1, -0.05) is 29.8 Å². The predicted molar refractivity (Wildman–Crippen MR) is 137 cm³/mol. The minimum absolute atomic E-state index is 0.192. The second-order valence-electron chi connectivity index (χ2n) is 9.06. The number of H-pyrrole nitrogens is 1. The Hall–Kier alpha value is -2.93. The second-order valence-corrected chi connectivity index (χ2v) is 9.45. The van der Waals surface area contributed by atoms with Gasteiger partial charge in [0.25, 0.3) is 0 Å². The maximum atomic E-state index is 12.9. The lowest BCUT2D eigenvalue weighted by Gasteiger charge is -2.32. The smallest absolute Gasteiger partial charge is 0.224 e. The van der Waals surface area contributed by atoms with Crippen molar-refractivity contribution in [3.8, 4) is 17.1 Å². The lowest BCUT2D eigenvalue weighted by molar-refractivity contribution is -0.132. The van der Waals surface area contributed by atoms with E-state index in [1.54, 1.807) is 0 Å². The number of rotatable bonds is 9. The van der Waals surface area contributed by atoms with Crippen LogP contribution in [0, 0.1) is 17.6 Å². The van der Waals surface area contributed by atoms with Crippen LogP contribution in [0.1, 0.15) is 43.7 Å². The summed E-state index contributed by atoms with van der Waals surface area (Å²) in [6.07, 6.45) is 4.90. The fourth-order valence-electron chi connectivity index (χ4n) is 4.57. The van der Waals surface area contributed by atoms with Gasteiger partial charge in [0, 0.05) is 31.6 Å². The molecule has 0 atom stereocenters. The van der Waals surface area contributed by atoms with E-state index >= 15 is 0 Å². The first-order chi connectivity index (χ1) is 16.5. The molecule has 0 spiro atoms. The molecule has 1 aromatic heterocycles. The van der Waals surface area contributed by atoms with Crippen LogP contribution in [0.2, 0.25) is 0 Å². The topological polar surface area (TPSA) is 63.1 Å². The number of carbonyl (C=O) groups is 1. The number of ether oxygens (including phenoxy) is 1. The molecule has 7 heteroatoms. The Morgan fingerprint density at radius 1 is 1.12 bits per heavy atom. The SMILES string of the molecule is CCOc1ccc(-c2n[nH]c(=S)n2CCC(=O)N2CCC(CCc3ccc(C)cc3)CC2)cc1. The molecule has 1 N–H and O–H groups in total. The predicted octanol–water partition coefficient (Wildman–Crippen LogP) is 5.58. The van der Waals surface area contributed by atoms with Crippen molar-refractivity contribution in [2.75, 3.05) is 19.7 Å². The molecule has 1 aliphatic rings. The van der Waals surface area contributed by atoms with Gasteiger partial charge in [-0.3, -0.25) is 14.5 Å². The molecule has 1 aliphatic heterocycles. The molecule has 0 saturated carbocycles. The van der Waals surface area contributed by atoms with E-state index in [-0.39, 0.29) is 5.91 Å². The van der Waals surface area contributed by atoms with Crippen LogP contribution in [0.3, 0.4) is 0 Å². The first kappa shape index (κ1) is 24.2. The minimum atomic E-state index is 0.192. The normalized spacial score (nSPS) is 14.4. The van der Waals surface area contributed by atoms with Gasteiger partial charge in [-0.15, -0.1) is 0 Å². The van der Waals surface area contributed by atoms with Crippen molar-refractivity contribution in [1.82, 2.24) is 19.7 Å². The summed E-state index contributed by atoms with van der Waals surface area (Å²) in [6, 6.07) is 16.6. The van der Waals surface area contributed by atoms with E-state index in [0.717, 1.165) is 49.5 Å². The quantitative estimate of drug-likeness (QED) is 0.408.